The van der Waals surface area contributed by atoms with E-state index in [-0.39, 0.29) is 24.3 Å². The molecule has 10 nitrogen and oxygen atoms in total. The fourth-order valence-corrected chi connectivity index (χ4v) is 4.95. The maximum Gasteiger partial charge on any atom is 0.313 e. The van der Waals surface area contributed by atoms with Gasteiger partial charge in [-0.1, -0.05) is 5.16 Å². The molecule has 2 saturated carbocycles. The number of halogens is 2. The van der Waals surface area contributed by atoms with Crippen molar-refractivity contribution in [2.45, 2.75) is 64.3 Å². The highest BCUT2D eigenvalue weighted by Gasteiger charge is 2.47. The third-order valence-electron chi connectivity index (χ3n) is 6.94. The zero-order chi connectivity index (χ0) is 25.4. The number of carbonyl (C=O) groups excluding carboxylic acids is 2. The summed E-state index contributed by atoms with van der Waals surface area (Å²) in [6, 6.07) is 1.19. The van der Waals surface area contributed by atoms with Gasteiger partial charge >= 0.3 is 5.97 Å². The van der Waals surface area contributed by atoms with Crippen molar-refractivity contribution in [2.75, 3.05) is 6.61 Å². The van der Waals surface area contributed by atoms with Gasteiger partial charge in [0.25, 0.3) is 5.91 Å². The van der Waals surface area contributed by atoms with Crippen LogP contribution in [-0.4, -0.2) is 49.8 Å². The number of rotatable bonds is 11. The van der Waals surface area contributed by atoms with Gasteiger partial charge in [0.05, 0.1) is 36.7 Å². The van der Waals surface area contributed by atoms with Gasteiger partial charge < -0.3 is 10.1 Å². The van der Waals surface area contributed by atoms with Crippen LogP contribution in [0.2, 0.25) is 0 Å². The van der Waals surface area contributed by atoms with E-state index in [2.05, 4.69) is 20.7 Å². The summed E-state index contributed by atoms with van der Waals surface area (Å²) in [5.74, 6) is -1.06. The maximum absolute atomic E-state index is 13.2. The summed E-state index contributed by atoms with van der Waals surface area (Å²) in [6.07, 6.45) is 4.18. The van der Waals surface area contributed by atoms with Crippen LogP contribution in [0.3, 0.4) is 0 Å². The number of amides is 1. The van der Waals surface area contributed by atoms with Gasteiger partial charge in [0, 0.05) is 6.42 Å². The Kier molecular flexibility index (Phi) is 6.67. The first kappa shape index (κ1) is 24.3. The highest BCUT2D eigenvalue weighted by molar-refractivity contribution is 5.93. The molecule has 2 aliphatic rings. The van der Waals surface area contributed by atoms with Gasteiger partial charge in [-0.2, -0.15) is 5.10 Å². The van der Waals surface area contributed by atoms with Gasteiger partial charge in [-0.3, -0.25) is 9.59 Å². The predicted octanol–water partition coefficient (Wildman–Crippen LogP) is 3.63. The molecule has 0 spiro atoms. The molecular formula is C24H28F2N6O4. The molecule has 36 heavy (non-hydrogen) atoms. The van der Waals surface area contributed by atoms with Gasteiger partial charge in [0.1, 0.15) is 5.69 Å². The largest absolute Gasteiger partial charge is 0.466 e. The minimum atomic E-state index is -2.68. The molecule has 0 aliphatic heterocycles. The Morgan fingerprint density at radius 3 is 2.53 bits per heavy atom. The van der Waals surface area contributed by atoms with Crippen LogP contribution >= 0.6 is 0 Å². The average Bonchev–Trinajstić information content (AvgIpc) is 3.77. The molecule has 1 amide bonds. The monoisotopic (exact) mass is 502 g/mol. The fraction of sp³-hybridized carbons (Fsp3) is 0.583. The molecule has 0 saturated heterocycles. The number of esters is 1. The average molecular weight is 503 g/mol. The number of carbonyl (C=O) groups is 2. The zero-order valence-electron chi connectivity index (χ0n) is 20.1. The minimum absolute atomic E-state index is 0.0907. The van der Waals surface area contributed by atoms with E-state index in [4.69, 9.17) is 14.3 Å². The van der Waals surface area contributed by atoms with Gasteiger partial charge in [-0.05, 0) is 74.1 Å². The highest BCUT2D eigenvalue weighted by Crippen LogP contribution is 2.54. The van der Waals surface area contributed by atoms with E-state index in [0.29, 0.717) is 34.4 Å². The number of aromatic nitrogens is 5. The molecule has 2 fully saturated rings. The maximum atomic E-state index is 13.2. The van der Waals surface area contributed by atoms with Crippen molar-refractivity contribution in [2.24, 2.45) is 17.8 Å². The van der Waals surface area contributed by atoms with Gasteiger partial charge in [-0.15, -0.1) is 0 Å². The van der Waals surface area contributed by atoms with Crippen molar-refractivity contribution in [3.8, 4) is 0 Å². The number of ether oxygens (including phenoxy) is 1. The van der Waals surface area contributed by atoms with E-state index < -0.39 is 30.6 Å². The first-order valence-corrected chi connectivity index (χ1v) is 12.3. The summed E-state index contributed by atoms with van der Waals surface area (Å²) in [5, 5.41) is 14.9. The molecule has 3 aromatic rings. The highest BCUT2D eigenvalue weighted by atomic mass is 19.3. The number of imidazole rings is 1. The first-order chi connectivity index (χ1) is 17.4. The number of aryl methyl sites for hydroxylation is 1. The number of hydrogen-bond acceptors (Lipinski definition) is 8. The predicted molar refractivity (Wildman–Crippen MR) is 121 cm³/mol. The van der Waals surface area contributed by atoms with Crippen molar-refractivity contribution in [3.63, 3.8) is 0 Å². The molecule has 0 bridgehead atoms. The van der Waals surface area contributed by atoms with Crippen molar-refractivity contribution < 1.29 is 27.7 Å². The van der Waals surface area contributed by atoms with E-state index in [1.165, 1.54) is 10.7 Å². The van der Waals surface area contributed by atoms with E-state index in [0.717, 1.165) is 25.7 Å². The van der Waals surface area contributed by atoms with Gasteiger partial charge in [-0.25, -0.2) is 22.9 Å². The molecule has 1 unspecified atom stereocenters. The van der Waals surface area contributed by atoms with Crippen molar-refractivity contribution >= 4 is 17.5 Å². The molecule has 3 aromatic heterocycles. The summed E-state index contributed by atoms with van der Waals surface area (Å²) in [5.41, 5.74) is 1.84. The van der Waals surface area contributed by atoms with E-state index in [9.17, 15) is 18.4 Å². The Labute approximate surface area is 205 Å². The van der Waals surface area contributed by atoms with Crippen LogP contribution in [0.4, 0.5) is 8.78 Å². The van der Waals surface area contributed by atoms with Crippen LogP contribution in [-0.2, 0) is 9.53 Å². The van der Waals surface area contributed by atoms with Gasteiger partial charge in [0.15, 0.2) is 11.3 Å². The Bertz CT molecular complexity index is 1240. The molecule has 1 N–H and O–H groups in total. The molecule has 5 rings (SSSR count). The summed E-state index contributed by atoms with van der Waals surface area (Å²) in [6.45, 7) is 3.36. The Hall–Kier alpha value is -3.44. The summed E-state index contributed by atoms with van der Waals surface area (Å²) in [7, 11) is 0. The molecule has 2 atom stereocenters. The number of alkyl halides is 2. The van der Waals surface area contributed by atoms with Crippen LogP contribution in [0.5, 0.6) is 0 Å². The summed E-state index contributed by atoms with van der Waals surface area (Å²) >= 11 is 0. The molecule has 2 aliphatic carbocycles. The standard InChI is InChI=1S/C24H28F2N6O4/c1-3-35-24(34)16(9-18(25)26)15-8-19-28-17(11-32(19)27-10-15)22(20(13-4-5-13)14-6-7-14)29-23(33)21-12(2)30-36-31-21/h8,10-11,13-14,16,18,20,22H,3-7,9H2,1-2H3,(H,29,33)/t16?,22-/m1/s1. The first-order valence-electron chi connectivity index (χ1n) is 12.3. The SMILES string of the molecule is CCOC(=O)C(CC(F)F)c1cnn2cc([C@@H](NC(=O)c3nonc3C)C(C3CC3)C3CC3)nc2c1. The molecule has 192 valence electrons. The van der Waals surface area contributed by atoms with Gasteiger partial charge in [0.2, 0.25) is 6.43 Å². The molecule has 3 heterocycles. The molecule has 0 radical (unpaired) electrons. The van der Waals surface area contributed by atoms with Crippen molar-refractivity contribution in [1.29, 1.82) is 0 Å². The summed E-state index contributed by atoms with van der Waals surface area (Å²) < 4.78 is 37.7. The zero-order valence-corrected chi connectivity index (χ0v) is 20.1. The number of nitrogens with zero attached hydrogens (tertiary/aromatic N) is 5. The van der Waals surface area contributed by atoms with Crippen molar-refractivity contribution in [3.05, 3.63) is 41.1 Å². The van der Waals surface area contributed by atoms with Crippen LogP contribution < -0.4 is 5.32 Å². The van der Waals surface area contributed by atoms with E-state index >= 15 is 0 Å². The Morgan fingerprint density at radius 1 is 1.22 bits per heavy atom. The number of nitrogens with one attached hydrogen (secondary N) is 1. The van der Waals surface area contributed by atoms with Crippen LogP contribution in [0.1, 0.15) is 78.4 Å². The van der Waals surface area contributed by atoms with Crippen LogP contribution in [0, 0.1) is 24.7 Å². The Morgan fingerprint density at radius 2 is 1.94 bits per heavy atom. The van der Waals surface area contributed by atoms with Crippen LogP contribution in [0.15, 0.2) is 23.1 Å². The lowest BCUT2D eigenvalue weighted by Crippen LogP contribution is -2.36. The van der Waals surface area contributed by atoms with E-state index in [1.807, 2.05) is 0 Å². The lowest BCUT2D eigenvalue weighted by Gasteiger charge is -2.26. The molecule has 12 heteroatoms. The third kappa shape index (κ3) is 5.07. The number of fused-ring (bicyclic) bond motifs is 1. The smallest absolute Gasteiger partial charge is 0.313 e. The normalized spacial score (nSPS) is 17.5. The topological polar surface area (TPSA) is 125 Å². The lowest BCUT2D eigenvalue weighted by molar-refractivity contribution is -0.146. The van der Waals surface area contributed by atoms with E-state index in [1.54, 1.807) is 26.1 Å². The Balaban J connectivity index is 1.48. The quantitative estimate of drug-likeness (QED) is 0.394. The number of hydrogen-bond donors (Lipinski definition) is 1. The second-order valence-electron chi connectivity index (χ2n) is 9.59. The third-order valence-corrected chi connectivity index (χ3v) is 6.94. The summed E-state index contributed by atoms with van der Waals surface area (Å²) in [4.78, 5) is 30.1. The van der Waals surface area contributed by atoms with Crippen molar-refractivity contribution in [1.82, 2.24) is 30.2 Å². The lowest BCUT2D eigenvalue weighted by atomic mass is 9.87. The second-order valence-corrected chi connectivity index (χ2v) is 9.59. The second kappa shape index (κ2) is 9.90. The van der Waals surface area contributed by atoms with Crippen LogP contribution in [0.25, 0.3) is 5.65 Å². The molecular weight excluding hydrogens is 474 g/mol. The minimum Gasteiger partial charge on any atom is -0.466 e. The fourth-order valence-electron chi connectivity index (χ4n) is 4.95. The molecule has 0 aromatic carbocycles.